The van der Waals surface area contributed by atoms with Gasteiger partial charge < -0.3 is 14.2 Å². The largest absolute Gasteiger partial charge is 0.494 e. The van der Waals surface area contributed by atoms with Gasteiger partial charge in [0.15, 0.2) is 11.5 Å². The fourth-order valence-electron chi connectivity index (χ4n) is 4.00. The van der Waals surface area contributed by atoms with E-state index in [1.54, 1.807) is 36.4 Å². The van der Waals surface area contributed by atoms with Crippen LogP contribution in [0.15, 0.2) is 70.7 Å². The number of barbiturate groups is 1. The number of benzene rings is 3. The first-order valence-electron chi connectivity index (χ1n) is 12.6. The SMILES string of the molecule is CCCOc1ccc(N2C(=O)NC(=O)/C(=C/c3cc(Br)c(OCc4cccc(C)c4)c(OCC)c3)C2=O)cc1. The van der Waals surface area contributed by atoms with E-state index in [-0.39, 0.29) is 5.57 Å². The van der Waals surface area contributed by atoms with Crippen LogP contribution in [0.2, 0.25) is 0 Å². The Morgan fingerprint density at radius 2 is 1.72 bits per heavy atom. The van der Waals surface area contributed by atoms with E-state index in [1.807, 2.05) is 45.0 Å². The zero-order chi connectivity index (χ0) is 27.9. The van der Waals surface area contributed by atoms with Crippen LogP contribution < -0.4 is 24.4 Å². The van der Waals surface area contributed by atoms with E-state index in [1.165, 1.54) is 6.08 Å². The molecule has 8 nitrogen and oxygen atoms in total. The highest BCUT2D eigenvalue weighted by Gasteiger charge is 2.37. The summed E-state index contributed by atoms with van der Waals surface area (Å²) < 4.78 is 18.0. The van der Waals surface area contributed by atoms with E-state index < -0.39 is 17.8 Å². The van der Waals surface area contributed by atoms with Crippen LogP contribution in [0.3, 0.4) is 0 Å². The Hall–Kier alpha value is -4.11. The van der Waals surface area contributed by atoms with Crippen LogP contribution in [-0.4, -0.2) is 31.1 Å². The van der Waals surface area contributed by atoms with Crippen LogP contribution in [0.4, 0.5) is 10.5 Å². The fraction of sp³-hybridized carbons (Fsp3) is 0.233. The van der Waals surface area contributed by atoms with Crippen LogP contribution in [0.25, 0.3) is 6.08 Å². The lowest BCUT2D eigenvalue weighted by molar-refractivity contribution is -0.122. The molecule has 202 valence electrons. The van der Waals surface area contributed by atoms with Crippen molar-refractivity contribution >= 4 is 45.5 Å². The molecule has 0 aromatic heterocycles. The molecule has 0 unspecified atom stereocenters. The maximum atomic E-state index is 13.3. The molecular weight excluding hydrogens is 564 g/mol. The molecule has 0 bridgehead atoms. The van der Waals surface area contributed by atoms with Gasteiger partial charge in [0, 0.05) is 0 Å². The number of hydrogen-bond acceptors (Lipinski definition) is 6. The average Bonchev–Trinajstić information content (AvgIpc) is 2.90. The number of carbonyl (C=O) groups is 3. The van der Waals surface area contributed by atoms with E-state index in [2.05, 4.69) is 21.2 Å². The highest BCUT2D eigenvalue weighted by Crippen LogP contribution is 2.38. The van der Waals surface area contributed by atoms with Crippen LogP contribution in [0, 0.1) is 6.92 Å². The number of amides is 4. The molecular formula is C30H29BrN2O6. The third kappa shape index (κ3) is 6.67. The van der Waals surface area contributed by atoms with Gasteiger partial charge in [0.05, 0.1) is 23.4 Å². The van der Waals surface area contributed by atoms with E-state index in [9.17, 15) is 14.4 Å². The molecule has 0 aliphatic carbocycles. The first kappa shape index (κ1) is 27.9. The minimum atomic E-state index is -0.819. The molecule has 9 heteroatoms. The summed E-state index contributed by atoms with van der Waals surface area (Å²) in [5.74, 6) is 0.0564. The summed E-state index contributed by atoms with van der Waals surface area (Å²) in [5.41, 5.74) is 2.78. The standard InChI is InChI=1S/C30H29BrN2O6/c1-4-13-38-23-11-9-22(10-12-23)33-29(35)24(28(34)32-30(33)36)15-21-16-25(31)27(26(17-21)37-5-2)39-18-20-8-6-7-19(3)14-20/h6-12,14-17H,4-5,13,18H2,1-3H3,(H,32,34,36)/b24-15-. The first-order chi connectivity index (χ1) is 18.8. The maximum Gasteiger partial charge on any atom is 0.335 e. The zero-order valence-electron chi connectivity index (χ0n) is 22.0. The maximum absolute atomic E-state index is 13.3. The summed E-state index contributed by atoms with van der Waals surface area (Å²) in [6.45, 7) is 7.14. The molecule has 1 aliphatic heterocycles. The van der Waals surface area contributed by atoms with E-state index >= 15 is 0 Å². The summed E-state index contributed by atoms with van der Waals surface area (Å²) in [6, 6.07) is 17.1. The van der Waals surface area contributed by atoms with Crippen molar-refractivity contribution in [2.24, 2.45) is 0 Å². The minimum absolute atomic E-state index is 0.191. The number of nitrogens with one attached hydrogen (secondary N) is 1. The topological polar surface area (TPSA) is 94.2 Å². The molecule has 0 radical (unpaired) electrons. The number of imide groups is 2. The van der Waals surface area contributed by atoms with Gasteiger partial charge in [-0.25, -0.2) is 9.69 Å². The van der Waals surface area contributed by atoms with Gasteiger partial charge in [-0.3, -0.25) is 14.9 Å². The monoisotopic (exact) mass is 592 g/mol. The number of carbonyl (C=O) groups excluding carboxylic acids is 3. The van der Waals surface area contributed by atoms with Crippen molar-refractivity contribution < 1.29 is 28.6 Å². The lowest BCUT2D eigenvalue weighted by Crippen LogP contribution is -2.54. The molecule has 0 atom stereocenters. The number of ether oxygens (including phenoxy) is 3. The third-order valence-electron chi connectivity index (χ3n) is 5.78. The summed E-state index contributed by atoms with van der Waals surface area (Å²) in [5, 5.41) is 2.25. The van der Waals surface area contributed by atoms with Gasteiger partial charge in [0.1, 0.15) is 17.9 Å². The lowest BCUT2D eigenvalue weighted by atomic mass is 10.1. The molecule has 1 aliphatic rings. The van der Waals surface area contributed by atoms with Gasteiger partial charge in [0.25, 0.3) is 11.8 Å². The highest BCUT2D eigenvalue weighted by atomic mass is 79.9. The lowest BCUT2D eigenvalue weighted by Gasteiger charge is -2.26. The number of aryl methyl sites for hydroxylation is 1. The van der Waals surface area contributed by atoms with Crippen LogP contribution in [-0.2, 0) is 16.2 Å². The second-order valence-electron chi connectivity index (χ2n) is 8.84. The Bertz CT molecular complexity index is 1420. The molecule has 1 fully saturated rings. The number of halogens is 1. The zero-order valence-corrected chi connectivity index (χ0v) is 23.5. The van der Waals surface area contributed by atoms with Crippen molar-refractivity contribution in [2.45, 2.75) is 33.8 Å². The van der Waals surface area contributed by atoms with E-state index in [0.29, 0.717) is 52.8 Å². The van der Waals surface area contributed by atoms with Gasteiger partial charge >= 0.3 is 6.03 Å². The number of rotatable bonds is 10. The Kier molecular flexibility index (Phi) is 9.03. The van der Waals surface area contributed by atoms with Gasteiger partial charge in [-0.1, -0.05) is 36.8 Å². The van der Waals surface area contributed by atoms with Crippen molar-refractivity contribution in [2.75, 3.05) is 18.1 Å². The summed E-state index contributed by atoms with van der Waals surface area (Å²) in [6.07, 6.45) is 2.28. The smallest absolute Gasteiger partial charge is 0.335 e. The normalized spacial score (nSPS) is 14.4. The third-order valence-corrected chi connectivity index (χ3v) is 6.37. The van der Waals surface area contributed by atoms with Crippen molar-refractivity contribution in [3.8, 4) is 17.2 Å². The summed E-state index contributed by atoms with van der Waals surface area (Å²) in [4.78, 5) is 39.5. The number of hydrogen-bond donors (Lipinski definition) is 1. The molecule has 3 aromatic carbocycles. The fourth-order valence-corrected chi connectivity index (χ4v) is 4.58. The molecule has 39 heavy (non-hydrogen) atoms. The first-order valence-corrected chi connectivity index (χ1v) is 13.4. The molecule has 0 spiro atoms. The van der Waals surface area contributed by atoms with Gasteiger partial charge in [-0.15, -0.1) is 0 Å². The molecule has 1 N–H and O–H groups in total. The average molecular weight is 593 g/mol. The summed E-state index contributed by atoms with van der Waals surface area (Å²) in [7, 11) is 0. The summed E-state index contributed by atoms with van der Waals surface area (Å²) >= 11 is 3.54. The van der Waals surface area contributed by atoms with E-state index in [0.717, 1.165) is 22.4 Å². The van der Waals surface area contributed by atoms with Gasteiger partial charge in [-0.2, -0.15) is 0 Å². The Labute approximate surface area is 235 Å². The Morgan fingerprint density at radius 3 is 2.41 bits per heavy atom. The molecule has 3 aromatic rings. The molecule has 0 saturated carbocycles. The Morgan fingerprint density at radius 1 is 0.949 bits per heavy atom. The Balaban J connectivity index is 1.61. The minimum Gasteiger partial charge on any atom is -0.494 e. The van der Waals surface area contributed by atoms with Crippen LogP contribution >= 0.6 is 15.9 Å². The predicted molar refractivity (Wildman–Crippen MR) is 152 cm³/mol. The van der Waals surface area contributed by atoms with Gasteiger partial charge in [-0.05, 0) is 89.8 Å². The quantitative estimate of drug-likeness (QED) is 0.223. The number of nitrogens with zero attached hydrogens (tertiary/aromatic N) is 1. The predicted octanol–water partition coefficient (Wildman–Crippen LogP) is 6.19. The molecule has 1 heterocycles. The highest BCUT2D eigenvalue weighted by molar-refractivity contribution is 9.10. The molecule has 4 amide bonds. The van der Waals surface area contributed by atoms with Crippen molar-refractivity contribution in [3.05, 3.63) is 87.4 Å². The van der Waals surface area contributed by atoms with Gasteiger partial charge in [0.2, 0.25) is 0 Å². The van der Waals surface area contributed by atoms with Crippen molar-refractivity contribution in [1.82, 2.24) is 5.32 Å². The molecule has 1 saturated heterocycles. The van der Waals surface area contributed by atoms with E-state index in [4.69, 9.17) is 14.2 Å². The number of anilines is 1. The van der Waals surface area contributed by atoms with Crippen LogP contribution in [0.5, 0.6) is 17.2 Å². The number of urea groups is 1. The second-order valence-corrected chi connectivity index (χ2v) is 9.70. The molecule has 4 rings (SSSR count). The van der Waals surface area contributed by atoms with Crippen molar-refractivity contribution in [1.29, 1.82) is 0 Å². The second kappa shape index (κ2) is 12.6. The van der Waals surface area contributed by atoms with Crippen molar-refractivity contribution in [3.63, 3.8) is 0 Å². The van der Waals surface area contributed by atoms with Crippen LogP contribution in [0.1, 0.15) is 37.0 Å².